The Bertz CT molecular complexity index is 592. The summed E-state index contributed by atoms with van der Waals surface area (Å²) in [6.07, 6.45) is 1.39. The van der Waals surface area contributed by atoms with Gasteiger partial charge in [0.2, 0.25) is 0 Å². The number of carbonyl (C=O) groups excluding carboxylic acids is 1. The van der Waals surface area contributed by atoms with E-state index in [9.17, 15) is 9.90 Å². The molecule has 2 aliphatic heterocycles. The standard InChI is InChI=1S/C15H17ClN2O3.ClH/c16-12-1-2-14-9(4-12)3-10(8-21-14)15(20)18-6-11-5-17-7-13(11)19;/h1-4,11,13,17,19H,5-8H2,(H,18,20);1H. The van der Waals surface area contributed by atoms with Crippen molar-refractivity contribution in [2.45, 2.75) is 6.10 Å². The van der Waals surface area contributed by atoms with Crippen LogP contribution in [0.4, 0.5) is 0 Å². The summed E-state index contributed by atoms with van der Waals surface area (Å²) in [7, 11) is 0. The van der Waals surface area contributed by atoms with Crippen LogP contribution < -0.4 is 15.4 Å². The van der Waals surface area contributed by atoms with E-state index in [1.807, 2.05) is 0 Å². The Morgan fingerprint density at radius 3 is 3.00 bits per heavy atom. The minimum atomic E-state index is -0.401. The van der Waals surface area contributed by atoms with Gasteiger partial charge in [-0.1, -0.05) is 11.6 Å². The van der Waals surface area contributed by atoms with E-state index in [1.54, 1.807) is 24.3 Å². The van der Waals surface area contributed by atoms with Gasteiger partial charge in [0.1, 0.15) is 12.4 Å². The second-order valence-electron chi connectivity index (χ2n) is 5.34. The van der Waals surface area contributed by atoms with Gasteiger partial charge in [-0.05, 0) is 24.3 Å². The highest BCUT2D eigenvalue weighted by molar-refractivity contribution is 6.30. The number of β-amino-alcohol motifs (C(OH)–C–C–N with tert-alkyl or cyclic N) is 1. The van der Waals surface area contributed by atoms with Crippen LogP contribution in [0.15, 0.2) is 23.8 Å². The summed E-state index contributed by atoms with van der Waals surface area (Å²) in [4.78, 5) is 12.2. The van der Waals surface area contributed by atoms with Crippen molar-refractivity contribution >= 4 is 36.0 Å². The molecule has 3 rings (SSSR count). The number of hydrogen-bond acceptors (Lipinski definition) is 4. The van der Waals surface area contributed by atoms with Crippen molar-refractivity contribution in [3.05, 3.63) is 34.4 Å². The maximum atomic E-state index is 12.2. The molecule has 1 aromatic carbocycles. The van der Waals surface area contributed by atoms with Gasteiger partial charge in [0.15, 0.2) is 0 Å². The van der Waals surface area contributed by atoms with Crippen LogP contribution >= 0.6 is 24.0 Å². The van der Waals surface area contributed by atoms with E-state index in [-0.39, 0.29) is 30.8 Å². The molecule has 5 nitrogen and oxygen atoms in total. The van der Waals surface area contributed by atoms with Crippen molar-refractivity contribution in [1.29, 1.82) is 0 Å². The zero-order valence-electron chi connectivity index (χ0n) is 11.8. The van der Waals surface area contributed by atoms with Crippen molar-refractivity contribution in [2.24, 2.45) is 5.92 Å². The molecule has 2 aliphatic rings. The minimum Gasteiger partial charge on any atom is -0.488 e. The molecule has 2 unspecified atom stereocenters. The molecule has 1 fully saturated rings. The van der Waals surface area contributed by atoms with E-state index >= 15 is 0 Å². The van der Waals surface area contributed by atoms with E-state index < -0.39 is 6.10 Å². The van der Waals surface area contributed by atoms with Crippen LogP contribution in [0.3, 0.4) is 0 Å². The van der Waals surface area contributed by atoms with Gasteiger partial charge in [0.25, 0.3) is 5.91 Å². The van der Waals surface area contributed by atoms with Crippen molar-refractivity contribution < 1.29 is 14.6 Å². The monoisotopic (exact) mass is 344 g/mol. The third-order valence-electron chi connectivity index (χ3n) is 3.81. The molecule has 2 atom stereocenters. The number of benzene rings is 1. The Balaban J connectivity index is 0.00000176. The van der Waals surface area contributed by atoms with Gasteiger partial charge in [-0.15, -0.1) is 12.4 Å². The Hall–Kier alpha value is -1.27. The fourth-order valence-corrected chi connectivity index (χ4v) is 2.72. The zero-order chi connectivity index (χ0) is 14.8. The summed E-state index contributed by atoms with van der Waals surface area (Å²) in [6, 6.07) is 5.32. The average molecular weight is 345 g/mol. The largest absolute Gasteiger partial charge is 0.488 e. The maximum Gasteiger partial charge on any atom is 0.250 e. The van der Waals surface area contributed by atoms with E-state index in [2.05, 4.69) is 10.6 Å². The van der Waals surface area contributed by atoms with Crippen LogP contribution in [0.1, 0.15) is 5.56 Å². The first-order valence-corrected chi connectivity index (χ1v) is 7.31. The number of amides is 1. The molecule has 22 heavy (non-hydrogen) atoms. The quantitative estimate of drug-likeness (QED) is 0.771. The highest BCUT2D eigenvalue weighted by atomic mass is 35.5. The van der Waals surface area contributed by atoms with Gasteiger partial charge in [0.05, 0.1) is 11.7 Å². The number of carbonyl (C=O) groups is 1. The van der Waals surface area contributed by atoms with Gasteiger partial charge in [-0.2, -0.15) is 0 Å². The maximum absolute atomic E-state index is 12.2. The number of halogens is 2. The summed E-state index contributed by atoms with van der Waals surface area (Å²) in [5, 5.41) is 16.3. The molecular formula is C15H18Cl2N2O3. The predicted octanol–water partition coefficient (Wildman–Crippen LogP) is 1.23. The summed E-state index contributed by atoms with van der Waals surface area (Å²) in [5.41, 5.74) is 1.37. The molecular weight excluding hydrogens is 327 g/mol. The second kappa shape index (κ2) is 7.33. The summed E-state index contributed by atoms with van der Waals surface area (Å²) in [5.74, 6) is 0.617. The first kappa shape index (κ1) is 17.1. The number of aliphatic hydroxyl groups is 1. The Labute approximate surface area is 140 Å². The lowest BCUT2D eigenvalue weighted by Gasteiger charge is -2.19. The van der Waals surface area contributed by atoms with Crippen LogP contribution in [-0.4, -0.2) is 43.4 Å². The first-order chi connectivity index (χ1) is 10.1. The number of fused-ring (bicyclic) bond motifs is 1. The van der Waals surface area contributed by atoms with Crippen molar-refractivity contribution in [3.8, 4) is 5.75 Å². The van der Waals surface area contributed by atoms with Crippen molar-refractivity contribution in [2.75, 3.05) is 26.2 Å². The molecule has 0 aliphatic carbocycles. The molecule has 0 bridgehead atoms. The summed E-state index contributed by atoms with van der Waals surface area (Å²) >= 11 is 5.95. The number of nitrogens with one attached hydrogen (secondary N) is 2. The lowest BCUT2D eigenvalue weighted by atomic mass is 10.1. The van der Waals surface area contributed by atoms with Crippen LogP contribution in [0, 0.1) is 5.92 Å². The number of hydrogen-bond donors (Lipinski definition) is 3. The lowest BCUT2D eigenvalue weighted by molar-refractivity contribution is -0.118. The average Bonchev–Trinajstić information content (AvgIpc) is 2.89. The second-order valence-corrected chi connectivity index (χ2v) is 5.77. The SMILES string of the molecule is Cl.O=C(NCC1CNCC1O)C1=Cc2cc(Cl)ccc2OC1. The molecule has 1 saturated heterocycles. The molecule has 1 aromatic rings. The molecule has 0 aromatic heterocycles. The third kappa shape index (κ3) is 3.73. The third-order valence-corrected chi connectivity index (χ3v) is 4.04. The van der Waals surface area contributed by atoms with Gasteiger partial charge in [-0.3, -0.25) is 4.79 Å². The van der Waals surface area contributed by atoms with Gasteiger partial charge in [-0.25, -0.2) is 0 Å². The predicted molar refractivity (Wildman–Crippen MR) is 87.5 cm³/mol. The fourth-order valence-electron chi connectivity index (χ4n) is 2.54. The molecule has 0 saturated carbocycles. The summed E-state index contributed by atoms with van der Waals surface area (Å²) < 4.78 is 5.56. The van der Waals surface area contributed by atoms with Crippen LogP contribution in [0.5, 0.6) is 5.75 Å². The van der Waals surface area contributed by atoms with Crippen LogP contribution in [-0.2, 0) is 4.79 Å². The molecule has 0 spiro atoms. The van der Waals surface area contributed by atoms with Gasteiger partial charge in [0, 0.05) is 36.1 Å². The first-order valence-electron chi connectivity index (χ1n) is 6.93. The van der Waals surface area contributed by atoms with E-state index in [1.165, 1.54) is 0 Å². The van der Waals surface area contributed by atoms with E-state index in [0.717, 1.165) is 17.9 Å². The minimum absolute atomic E-state index is 0. The Morgan fingerprint density at radius 2 is 2.27 bits per heavy atom. The van der Waals surface area contributed by atoms with E-state index in [4.69, 9.17) is 16.3 Å². The van der Waals surface area contributed by atoms with E-state index in [0.29, 0.717) is 23.7 Å². The van der Waals surface area contributed by atoms with Crippen LogP contribution in [0.25, 0.3) is 6.08 Å². The normalized spacial score (nSPS) is 22.9. The molecule has 3 N–H and O–H groups in total. The molecule has 2 heterocycles. The highest BCUT2D eigenvalue weighted by Gasteiger charge is 2.26. The Morgan fingerprint density at radius 1 is 1.45 bits per heavy atom. The fraction of sp³-hybridized carbons (Fsp3) is 0.400. The van der Waals surface area contributed by atoms with Gasteiger partial charge >= 0.3 is 0 Å². The summed E-state index contributed by atoms with van der Waals surface area (Å²) in [6.45, 7) is 1.99. The molecule has 120 valence electrons. The van der Waals surface area contributed by atoms with Crippen molar-refractivity contribution in [1.82, 2.24) is 10.6 Å². The number of rotatable bonds is 3. The van der Waals surface area contributed by atoms with Gasteiger partial charge < -0.3 is 20.5 Å². The Kier molecular flexibility index (Phi) is 5.69. The molecule has 7 heteroatoms. The molecule has 0 radical (unpaired) electrons. The zero-order valence-corrected chi connectivity index (χ0v) is 13.4. The highest BCUT2D eigenvalue weighted by Crippen LogP contribution is 2.28. The number of ether oxygens (including phenoxy) is 1. The lowest BCUT2D eigenvalue weighted by Crippen LogP contribution is -2.36. The van der Waals surface area contributed by atoms with Crippen molar-refractivity contribution in [3.63, 3.8) is 0 Å². The van der Waals surface area contributed by atoms with Crippen LogP contribution in [0.2, 0.25) is 5.02 Å². The smallest absolute Gasteiger partial charge is 0.250 e. The topological polar surface area (TPSA) is 70.6 Å². The number of aliphatic hydroxyl groups excluding tert-OH is 1. The molecule has 1 amide bonds.